The first kappa shape index (κ1) is 17.5. The van der Waals surface area contributed by atoms with Crippen LogP contribution in [0.3, 0.4) is 0 Å². The minimum atomic E-state index is -0.615. The van der Waals surface area contributed by atoms with E-state index in [2.05, 4.69) is 26.2 Å². The predicted molar refractivity (Wildman–Crippen MR) is 96.0 cm³/mol. The number of aryl methyl sites for hydroxylation is 2. The Kier molecular flexibility index (Phi) is 5.42. The Bertz CT molecular complexity index is 744. The van der Waals surface area contributed by atoms with Crippen LogP contribution in [0.25, 0.3) is 0 Å². The van der Waals surface area contributed by atoms with Crippen molar-refractivity contribution in [2.45, 2.75) is 40.7 Å². The lowest BCUT2D eigenvalue weighted by Crippen LogP contribution is -2.30. The number of amides is 1. The third-order valence-electron chi connectivity index (χ3n) is 3.77. The Morgan fingerprint density at radius 1 is 1.22 bits per heavy atom. The van der Waals surface area contributed by atoms with Crippen LogP contribution in [0, 0.1) is 27.7 Å². The number of hydrogen-bond donors (Lipinski definition) is 1. The van der Waals surface area contributed by atoms with Gasteiger partial charge in [-0.3, -0.25) is 4.79 Å². The Morgan fingerprint density at radius 3 is 2.57 bits per heavy atom. The van der Waals surface area contributed by atoms with E-state index in [0.717, 1.165) is 32.6 Å². The summed E-state index contributed by atoms with van der Waals surface area (Å²) in [7, 11) is 0. The molecule has 2 rings (SSSR count). The highest BCUT2D eigenvalue weighted by atomic mass is 79.9. The summed E-state index contributed by atoms with van der Waals surface area (Å²) >= 11 is 3.57. The minimum Gasteiger partial charge on any atom is -0.481 e. The molecule has 0 unspecified atom stereocenters. The molecule has 122 valence electrons. The number of nitrogens with one attached hydrogen (secondary N) is 1. The number of halogens is 1. The molecule has 1 N–H and O–H groups in total. The van der Waals surface area contributed by atoms with E-state index in [-0.39, 0.29) is 5.91 Å². The van der Waals surface area contributed by atoms with Gasteiger partial charge in [-0.1, -0.05) is 22.0 Å². The van der Waals surface area contributed by atoms with Crippen molar-refractivity contribution in [1.29, 1.82) is 0 Å². The smallest absolute Gasteiger partial charge is 0.266 e. The van der Waals surface area contributed by atoms with Crippen LogP contribution in [0.1, 0.15) is 29.3 Å². The van der Waals surface area contributed by atoms with E-state index in [9.17, 15) is 4.79 Å². The van der Waals surface area contributed by atoms with Gasteiger partial charge in [0.25, 0.3) is 5.91 Å². The second-order valence-corrected chi connectivity index (χ2v) is 6.46. The van der Waals surface area contributed by atoms with Gasteiger partial charge >= 0.3 is 0 Å². The van der Waals surface area contributed by atoms with Crippen LogP contribution < -0.4 is 10.1 Å². The maximum absolute atomic E-state index is 12.3. The molecule has 1 aromatic carbocycles. The zero-order valence-electron chi connectivity index (χ0n) is 14.0. The number of rotatable bonds is 4. The SMILES string of the molecule is Cc1cccc(NC(=O)[C@H](C)Oc2cc(C)c(Br)c(C)c2C)n1. The first-order chi connectivity index (χ1) is 10.8. The van der Waals surface area contributed by atoms with Crippen LogP contribution in [0.5, 0.6) is 5.75 Å². The highest BCUT2D eigenvalue weighted by Gasteiger charge is 2.18. The average molecular weight is 377 g/mol. The van der Waals surface area contributed by atoms with E-state index in [1.165, 1.54) is 0 Å². The van der Waals surface area contributed by atoms with Crippen molar-refractivity contribution < 1.29 is 9.53 Å². The number of aromatic nitrogens is 1. The maximum atomic E-state index is 12.3. The first-order valence-electron chi connectivity index (χ1n) is 7.47. The fraction of sp³-hybridized carbons (Fsp3) is 0.333. The number of carbonyl (C=O) groups is 1. The molecule has 2 aromatic rings. The Labute approximate surface area is 145 Å². The second-order valence-electron chi connectivity index (χ2n) is 5.67. The van der Waals surface area contributed by atoms with Crippen molar-refractivity contribution in [2.75, 3.05) is 5.32 Å². The molecule has 1 amide bonds. The summed E-state index contributed by atoms with van der Waals surface area (Å²) in [6.07, 6.45) is -0.615. The lowest BCUT2D eigenvalue weighted by Gasteiger charge is -2.18. The third kappa shape index (κ3) is 4.10. The van der Waals surface area contributed by atoms with Gasteiger partial charge in [-0.25, -0.2) is 4.98 Å². The van der Waals surface area contributed by atoms with Crippen molar-refractivity contribution in [3.05, 3.63) is 51.1 Å². The number of benzene rings is 1. The molecule has 0 radical (unpaired) electrons. The summed E-state index contributed by atoms with van der Waals surface area (Å²) in [5, 5.41) is 2.78. The maximum Gasteiger partial charge on any atom is 0.266 e. The van der Waals surface area contributed by atoms with Crippen molar-refractivity contribution >= 4 is 27.7 Å². The van der Waals surface area contributed by atoms with Crippen LogP contribution in [-0.4, -0.2) is 17.0 Å². The van der Waals surface area contributed by atoms with Gasteiger partial charge in [0.1, 0.15) is 11.6 Å². The van der Waals surface area contributed by atoms with E-state index in [0.29, 0.717) is 5.82 Å². The predicted octanol–water partition coefficient (Wildman–Crippen LogP) is 4.48. The van der Waals surface area contributed by atoms with Crippen LogP contribution in [0.4, 0.5) is 5.82 Å². The molecule has 23 heavy (non-hydrogen) atoms. The van der Waals surface area contributed by atoms with Crippen LogP contribution in [0.2, 0.25) is 0 Å². The molecule has 1 atom stereocenters. The van der Waals surface area contributed by atoms with Crippen molar-refractivity contribution in [1.82, 2.24) is 4.98 Å². The van der Waals surface area contributed by atoms with Gasteiger partial charge in [-0.05, 0) is 69.5 Å². The molecule has 0 aliphatic rings. The molecule has 0 saturated carbocycles. The number of nitrogens with zero attached hydrogens (tertiary/aromatic N) is 1. The number of hydrogen-bond acceptors (Lipinski definition) is 3. The molecular formula is C18H21BrN2O2. The van der Waals surface area contributed by atoms with Gasteiger partial charge in [0.05, 0.1) is 0 Å². The average Bonchev–Trinajstić information content (AvgIpc) is 2.50. The number of anilines is 1. The van der Waals surface area contributed by atoms with E-state index in [4.69, 9.17) is 4.74 Å². The standard InChI is InChI=1S/C18H21BrN2O2/c1-10-9-15(12(3)13(4)17(10)19)23-14(5)18(22)21-16-8-6-7-11(2)20-16/h6-9,14H,1-5H3,(H,20,21,22)/t14-/m0/s1. The zero-order valence-corrected chi connectivity index (χ0v) is 15.6. The largest absolute Gasteiger partial charge is 0.481 e. The monoisotopic (exact) mass is 376 g/mol. The Hall–Kier alpha value is -1.88. The van der Waals surface area contributed by atoms with Crippen LogP contribution >= 0.6 is 15.9 Å². The lowest BCUT2D eigenvalue weighted by atomic mass is 10.1. The molecule has 4 nitrogen and oxygen atoms in total. The van der Waals surface area contributed by atoms with Crippen LogP contribution in [0.15, 0.2) is 28.7 Å². The van der Waals surface area contributed by atoms with E-state index >= 15 is 0 Å². The summed E-state index contributed by atoms with van der Waals surface area (Å²) < 4.78 is 6.94. The summed E-state index contributed by atoms with van der Waals surface area (Å²) in [6.45, 7) is 9.64. The molecule has 5 heteroatoms. The van der Waals surface area contributed by atoms with Gasteiger partial charge in [-0.15, -0.1) is 0 Å². The van der Waals surface area contributed by atoms with Gasteiger partial charge in [0.15, 0.2) is 6.10 Å². The van der Waals surface area contributed by atoms with Gasteiger partial charge in [0.2, 0.25) is 0 Å². The molecule has 0 bridgehead atoms. The number of carbonyl (C=O) groups excluding carboxylic acids is 1. The molecular weight excluding hydrogens is 356 g/mol. The molecule has 0 spiro atoms. The molecule has 0 fully saturated rings. The molecule has 1 aromatic heterocycles. The van der Waals surface area contributed by atoms with E-state index < -0.39 is 6.10 Å². The summed E-state index contributed by atoms with van der Waals surface area (Å²) in [5.74, 6) is 1.04. The molecule has 0 saturated heterocycles. The number of ether oxygens (including phenoxy) is 1. The summed E-state index contributed by atoms with van der Waals surface area (Å²) in [5.41, 5.74) is 4.08. The third-order valence-corrected chi connectivity index (χ3v) is 4.99. The Morgan fingerprint density at radius 2 is 1.91 bits per heavy atom. The molecule has 0 aliphatic heterocycles. The fourth-order valence-electron chi connectivity index (χ4n) is 2.22. The topological polar surface area (TPSA) is 51.2 Å². The normalized spacial score (nSPS) is 11.9. The van der Waals surface area contributed by atoms with E-state index in [1.807, 2.05) is 45.9 Å². The van der Waals surface area contributed by atoms with Crippen LogP contribution in [-0.2, 0) is 4.79 Å². The van der Waals surface area contributed by atoms with E-state index in [1.54, 1.807) is 13.0 Å². The quantitative estimate of drug-likeness (QED) is 0.855. The second kappa shape index (κ2) is 7.13. The minimum absolute atomic E-state index is 0.222. The van der Waals surface area contributed by atoms with Gasteiger partial charge in [0, 0.05) is 10.2 Å². The lowest BCUT2D eigenvalue weighted by molar-refractivity contribution is -0.122. The van der Waals surface area contributed by atoms with Crippen molar-refractivity contribution in [2.24, 2.45) is 0 Å². The number of pyridine rings is 1. The van der Waals surface area contributed by atoms with Gasteiger partial charge in [-0.2, -0.15) is 0 Å². The highest BCUT2D eigenvalue weighted by molar-refractivity contribution is 9.10. The summed E-state index contributed by atoms with van der Waals surface area (Å²) in [4.78, 5) is 16.6. The highest BCUT2D eigenvalue weighted by Crippen LogP contribution is 2.31. The zero-order chi connectivity index (χ0) is 17.1. The summed E-state index contributed by atoms with van der Waals surface area (Å²) in [6, 6.07) is 7.44. The van der Waals surface area contributed by atoms with Crippen molar-refractivity contribution in [3.8, 4) is 5.75 Å². The Balaban J connectivity index is 2.13. The first-order valence-corrected chi connectivity index (χ1v) is 8.26. The molecule has 1 heterocycles. The fourth-order valence-corrected chi connectivity index (χ4v) is 2.63. The van der Waals surface area contributed by atoms with Crippen molar-refractivity contribution in [3.63, 3.8) is 0 Å². The van der Waals surface area contributed by atoms with Gasteiger partial charge < -0.3 is 10.1 Å². The molecule has 0 aliphatic carbocycles.